The van der Waals surface area contributed by atoms with E-state index in [2.05, 4.69) is 24.1 Å². The number of hydrogen-bond donors (Lipinski definition) is 1. The molecule has 5 nitrogen and oxygen atoms in total. The Morgan fingerprint density at radius 1 is 1.45 bits per heavy atom. The molecule has 0 saturated carbocycles. The van der Waals surface area contributed by atoms with Crippen LogP contribution in [0.2, 0.25) is 0 Å². The molecule has 3 aliphatic rings. The molecule has 0 spiro atoms. The number of amides is 1. The van der Waals surface area contributed by atoms with Crippen LogP contribution in [0.4, 0.5) is 0 Å². The Balaban J connectivity index is 1.56. The Kier molecular flexibility index (Phi) is 4.29. The Bertz CT molecular complexity index is 363. The molecule has 3 aliphatic heterocycles. The summed E-state index contributed by atoms with van der Waals surface area (Å²) in [5, 5.41) is 3.40. The number of carbonyl (C=O) groups is 1. The second kappa shape index (κ2) is 6.00. The summed E-state index contributed by atoms with van der Waals surface area (Å²) in [5.74, 6) is 0.256. The Morgan fingerprint density at radius 2 is 2.30 bits per heavy atom. The molecule has 114 valence electrons. The lowest BCUT2D eigenvalue weighted by Crippen LogP contribution is -2.51. The first-order chi connectivity index (χ1) is 9.69. The quantitative estimate of drug-likeness (QED) is 0.828. The van der Waals surface area contributed by atoms with E-state index in [9.17, 15) is 4.79 Å². The minimum Gasteiger partial charge on any atom is -0.373 e. The summed E-state index contributed by atoms with van der Waals surface area (Å²) >= 11 is 0. The van der Waals surface area contributed by atoms with Crippen LogP contribution in [0.15, 0.2) is 0 Å². The van der Waals surface area contributed by atoms with Gasteiger partial charge in [0.15, 0.2) is 0 Å². The maximum absolute atomic E-state index is 12.4. The fraction of sp³-hybridized carbons (Fsp3) is 0.933. The first-order valence-corrected chi connectivity index (χ1v) is 8.11. The number of rotatable bonds is 4. The van der Waals surface area contributed by atoms with Gasteiger partial charge in [-0.1, -0.05) is 13.3 Å². The Morgan fingerprint density at radius 3 is 3.10 bits per heavy atom. The molecule has 3 rings (SSSR count). The number of carbonyl (C=O) groups excluding carboxylic acids is 1. The molecule has 1 amide bonds. The average molecular weight is 281 g/mol. The van der Waals surface area contributed by atoms with Gasteiger partial charge in [0.2, 0.25) is 5.91 Å². The molecule has 5 heteroatoms. The topological polar surface area (TPSA) is 44.8 Å². The normalized spacial score (nSPS) is 38.5. The average Bonchev–Trinajstić information content (AvgIpc) is 2.99. The van der Waals surface area contributed by atoms with Crippen molar-refractivity contribution in [2.75, 3.05) is 26.2 Å². The third-order valence-electron chi connectivity index (χ3n) is 4.93. The number of fused-ring (bicyclic) bond motifs is 1. The van der Waals surface area contributed by atoms with Crippen LogP contribution in [0, 0.1) is 0 Å². The van der Waals surface area contributed by atoms with Crippen molar-refractivity contribution < 1.29 is 9.53 Å². The lowest BCUT2D eigenvalue weighted by molar-refractivity contribution is -0.134. The van der Waals surface area contributed by atoms with Crippen LogP contribution < -0.4 is 5.32 Å². The van der Waals surface area contributed by atoms with E-state index in [1.54, 1.807) is 0 Å². The number of hydrogen-bond acceptors (Lipinski definition) is 4. The summed E-state index contributed by atoms with van der Waals surface area (Å²) in [5.41, 5.74) is 0. The second-order valence-electron chi connectivity index (χ2n) is 6.42. The Hall–Kier alpha value is -0.650. The highest BCUT2D eigenvalue weighted by Crippen LogP contribution is 2.24. The lowest BCUT2D eigenvalue weighted by Gasteiger charge is -2.37. The van der Waals surface area contributed by atoms with Crippen LogP contribution in [0.5, 0.6) is 0 Å². The van der Waals surface area contributed by atoms with E-state index >= 15 is 0 Å². The summed E-state index contributed by atoms with van der Waals surface area (Å²) in [6.45, 7) is 7.96. The third kappa shape index (κ3) is 2.71. The zero-order chi connectivity index (χ0) is 14.1. The minimum atomic E-state index is 0.0122. The molecular weight excluding hydrogens is 254 g/mol. The lowest BCUT2D eigenvalue weighted by atomic mass is 10.1. The first-order valence-electron chi connectivity index (χ1n) is 8.11. The van der Waals surface area contributed by atoms with Gasteiger partial charge in [0.05, 0.1) is 24.9 Å². The number of nitrogens with one attached hydrogen (secondary N) is 1. The fourth-order valence-electron chi connectivity index (χ4n) is 3.80. The van der Waals surface area contributed by atoms with E-state index in [-0.39, 0.29) is 24.2 Å². The molecule has 20 heavy (non-hydrogen) atoms. The van der Waals surface area contributed by atoms with Crippen molar-refractivity contribution in [3.8, 4) is 0 Å². The number of morpholine rings is 1. The van der Waals surface area contributed by atoms with Crippen LogP contribution in [-0.4, -0.2) is 66.3 Å². The van der Waals surface area contributed by atoms with Crippen molar-refractivity contribution in [1.82, 2.24) is 15.1 Å². The molecule has 0 aliphatic carbocycles. The molecule has 0 aromatic heterocycles. The smallest absolute Gasteiger partial charge is 0.241 e. The third-order valence-corrected chi connectivity index (χ3v) is 4.93. The Labute approximate surface area is 121 Å². The van der Waals surface area contributed by atoms with Gasteiger partial charge in [-0.25, -0.2) is 0 Å². The molecular formula is C15H27N3O2. The van der Waals surface area contributed by atoms with Gasteiger partial charge in [0.25, 0.3) is 0 Å². The highest BCUT2D eigenvalue weighted by Gasteiger charge is 2.39. The molecule has 1 N–H and O–H groups in total. The first kappa shape index (κ1) is 14.3. The highest BCUT2D eigenvalue weighted by molar-refractivity contribution is 5.84. The molecule has 4 atom stereocenters. The van der Waals surface area contributed by atoms with Crippen molar-refractivity contribution in [2.24, 2.45) is 0 Å². The molecule has 0 aromatic rings. The van der Waals surface area contributed by atoms with Gasteiger partial charge in [-0.05, 0) is 32.7 Å². The number of nitrogens with zero attached hydrogens (tertiary/aromatic N) is 2. The van der Waals surface area contributed by atoms with E-state index in [1.807, 2.05) is 4.90 Å². The molecule has 0 bridgehead atoms. The number of ether oxygens (including phenoxy) is 1. The van der Waals surface area contributed by atoms with Crippen molar-refractivity contribution >= 4 is 5.91 Å². The largest absolute Gasteiger partial charge is 0.373 e. The van der Waals surface area contributed by atoms with E-state index in [4.69, 9.17) is 4.74 Å². The summed E-state index contributed by atoms with van der Waals surface area (Å²) in [7, 11) is 0. The SMILES string of the molecule is CCCC1NC(C)N(CC2CN3CCCC3CO2)C1=O. The predicted molar refractivity (Wildman–Crippen MR) is 77.3 cm³/mol. The van der Waals surface area contributed by atoms with E-state index in [0.29, 0.717) is 6.04 Å². The summed E-state index contributed by atoms with van der Waals surface area (Å²) in [6.07, 6.45) is 4.85. The van der Waals surface area contributed by atoms with Gasteiger partial charge >= 0.3 is 0 Å². The monoisotopic (exact) mass is 281 g/mol. The second-order valence-corrected chi connectivity index (χ2v) is 6.42. The van der Waals surface area contributed by atoms with Crippen LogP contribution >= 0.6 is 0 Å². The maximum atomic E-state index is 12.4. The molecule has 0 aromatic carbocycles. The molecule has 3 fully saturated rings. The van der Waals surface area contributed by atoms with Crippen LogP contribution in [0.3, 0.4) is 0 Å². The molecule has 3 saturated heterocycles. The zero-order valence-electron chi connectivity index (χ0n) is 12.7. The van der Waals surface area contributed by atoms with Crippen molar-refractivity contribution in [3.05, 3.63) is 0 Å². The molecule has 0 radical (unpaired) electrons. The van der Waals surface area contributed by atoms with Crippen LogP contribution in [0.1, 0.15) is 39.5 Å². The van der Waals surface area contributed by atoms with Gasteiger partial charge < -0.3 is 9.64 Å². The van der Waals surface area contributed by atoms with Crippen LogP contribution in [-0.2, 0) is 9.53 Å². The van der Waals surface area contributed by atoms with Crippen molar-refractivity contribution in [1.29, 1.82) is 0 Å². The van der Waals surface area contributed by atoms with E-state index < -0.39 is 0 Å². The maximum Gasteiger partial charge on any atom is 0.241 e. The highest BCUT2D eigenvalue weighted by atomic mass is 16.5. The van der Waals surface area contributed by atoms with Crippen molar-refractivity contribution in [2.45, 2.75) is 63.9 Å². The summed E-state index contributed by atoms with van der Waals surface area (Å²) in [6, 6.07) is 0.641. The predicted octanol–water partition coefficient (Wildman–Crippen LogP) is 0.796. The standard InChI is InChI=1S/C15H27N3O2/c1-3-5-14-15(19)18(11(2)16-14)9-13-8-17-7-4-6-12(17)10-20-13/h11-14,16H,3-10H2,1-2H3. The van der Waals surface area contributed by atoms with Gasteiger partial charge in [0.1, 0.15) is 0 Å². The molecule has 4 unspecified atom stereocenters. The van der Waals surface area contributed by atoms with Gasteiger partial charge in [-0.2, -0.15) is 0 Å². The van der Waals surface area contributed by atoms with Gasteiger partial charge in [0, 0.05) is 19.1 Å². The van der Waals surface area contributed by atoms with Crippen LogP contribution in [0.25, 0.3) is 0 Å². The summed E-state index contributed by atoms with van der Waals surface area (Å²) < 4.78 is 5.98. The van der Waals surface area contributed by atoms with E-state index in [0.717, 1.165) is 32.5 Å². The van der Waals surface area contributed by atoms with E-state index in [1.165, 1.54) is 19.4 Å². The van der Waals surface area contributed by atoms with Crippen molar-refractivity contribution in [3.63, 3.8) is 0 Å². The molecule has 3 heterocycles. The summed E-state index contributed by atoms with van der Waals surface area (Å²) in [4.78, 5) is 16.9. The van der Waals surface area contributed by atoms with Gasteiger partial charge in [-0.15, -0.1) is 0 Å². The minimum absolute atomic E-state index is 0.0122. The fourth-order valence-corrected chi connectivity index (χ4v) is 3.80. The zero-order valence-corrected chi connectivity index (χ0v) is 12.7. The van der Waals surface area contributed by atoms with Gasteiger partial charge in [-0.3, -0.25) is 15.0 Å².